The molecule has 0 bridgehead atoms. The monoisotopic (exact) mass is 261 g/mol. The van der Waals surface area contributed by atoms with Gasteiger partial charge in [0.1, 0.15) is 0 Å². The number of esters is 1. The van der Waals surface area contributed by atoms with Crippen LogP contribution < -0.4 is 10.6 Å². The largest absolute Gasteiger partial charge is 0.469 e. The minimum Gasteiger partial charge on any atom is -0.469 e. The van der Waals surface area contributed by atoms with E-state index in [0.29, 0.717) is 5.96 Å². The Bertz CT molecular complexity index is 499. The second-order valence-corrected chi connectivity index (χ2v) is 4.15. The van der Waals surface area contributed by atoms with Crippen molar-refractivity contribution in [2.45, 2.75) is 6.42 Å². The second-order valence-electron chi connectivity index (χ2n) is 4.15. The molecule has 19 heavy (non-hydrogen) atoms. The summed E-state index contributed by atoms with van der Waals surface area (Å²) in [6.07, 6.45) is 0.0461. The van der Waals surface area contributed by atoms with Crippen LogP contribution >= 0.6 is 0 Å². The Morgan fingerprint density at radius 3 is 2.84 bits per heavy atom. The summed E-state index contributed by atoms with van der Waals surface area (Å²) in [5.41, 5.74) is 0.841. The molecule has 6 nitrogen and oxygen atoms in total. The van der Waals surface area contributed by atoms with Crippen LogP contribution in [0.15, 0.2) is 35.3 Å². The van der Waals surface area contributed by atoms with E-state index in [1.807, 2.05) is 30.3 Å². The van der Waals surface area contributed by atoms with Crippen molar-refractivity contribution in [2.24, 2.45) is 10.9 Å². The number of para-hydroxylation sites is 1. The molecule has 1 heterocycles. The van der Waals surface area contributed by atoms with Gasteiger partial charge in [-0.15, -0.1) is 0 Å². The minimum absolute atomic E-state index is 0.0461. The van der Waals surface area contributed by atoms with Crippen molar-refractivity contribution in [3.8, 4) is 0 Å². The SMILES string of the molecule is COC(=O)CC1CN=C(Nc2ccccc2)NC1=O. The summed E-state index contributed by atoms with van der Waals surface area (Å²) in [4.78, 5) is 27.1. The molecule has 0 saturated heterocycles. The van der Waals surface area contributed by atoms with Crippen molar-refractivity contribution >= 4 is 23.5 Å². The average Bonchev–Trinajstić information content (AvgIpc) is 2.43. The molecule has 1 atom stereocenters. The van der Waals surface area contributed by atoms with Crippen molar-refractivity contribution < 1.29 is 14.3 Å². The summed E-state index contributed by atoms with van der Waals surface area (Å²) in [6, 6.07) is 9.41. The Morgan fingerprint density at radius 2 is 2.21 bits per heavy atom. The number of rotatable bonds is 3. The average molecular weight is 261 g/mol. The van der Waals surface area contributed by atoms with Gasteiger partial charge in [0.25, 0.3) is 0 Å². The third kappa shape index (κ3) is 3.54. The van der Waals surface area contributed by atoms with Gasteiger partial charge in [-0.3, -0.25) is 19.9 Å². The van der Waals surface area contributed by atoms with Crippen LogP contribution in [0.4, 0.5) is 5.69 Å². The second kappa shape index (κ2) is 5.99. The van der Waals surface area contributed by atoms with Crippen molar-refractivity contribution in [3.05, 3.63) is 30.3 Å². The lowest BCUT2D eigenvalue weighted by atomic mass is 10.0. The van der Waals surface area contributed by atoms with Gasteiger partial charge in [0, 0.05) is 5.69 Å². The molecule has 1 aromatic rings. The van der Waals surface area contributed by atoms with Gasteiger partial charge < -0.3 is 10.1 Å². The van der Waals surface area contributed by atoms with Gasteiger partial charge in [0.05, 0.1) is 26.0 Å². The maximum absolute atomic E-state index is 11.8. The first-order chi connectivity index (χ1) is 9.19. The fourth-order valence-electron chi connectivity index (χ4n) is 1.71. The summed E-state index contributed by atoms with van der Waals surface area (Å²) >= 11 is 0. The predicted octanol–water partition coefficient (Wildman–Crippen LogP) is 0.764. The van der Waals surface area contributed by atoms with E-state index in [1.165, 1.54) is 7.11 Å². The Kier molecular flexibility index (Phi) is 4.12. The van der Waals surface area contributed by atoms with Crippen molar-refractivity contribution in [2.75, 3.05) is 19.0 Å². The molecule has 1 unspecified atom stereocenters. The predicted molar refractivity (Wildman–Crippen MR) is 70.6 cm³/mol. The molecule has 1 amide bonds. The molecule has 2 rings (SSSR count). The van der Waals surface area contributed by atoms with E-state index >= 15 is 0 Å². The number of hydrogen-bond acceptors (Lipinski definition) is 5. The van der Waals surface area contributed by atoms with Gasteiger partial charge in [-0.05, 0) is 12.1 Å². The van der Waals surface area contributed by atoms with Crippen LogP contribution in [0.3, 0.4) is 0 Å². The van der Waals surface area contributed by atoms with E-state index in [4.69, 9.17) is 0 Å². The third-order valence-corrected chi connectivity index (χ3v) is 2.76. The highest BCUT2D eigenvalue weighted by Gasteiger charge is 2.26. The summed E-state index contributed by atoms with van der Waals surface area (Å²) in [5.74, 6) is -0.695. The Balaban J connectivity index is 1.96. The van der Waals surface area contributed by atoms with E-state index in [1.54, 1.807) is 0 Å². The van der Waals surface area contributed by atoms with Crippen LogP contribution in [0.2, 0.25) is 0 Å². The Hall–Kier alpha value is -2.37. The van der Waals surface area contributed by atoms with Gasteiger partial charge >= 0.3 is 5.97 Å². The first kappa shape index (κ1) is 13.1. The fourth-order valence-corrected chi connectivity index (χ4v) is 1.71. The fraction of sp³-hybridized carbons (Fsp3) is 0.308. The number of nitrogens with one attached hydrogen (secondary N) is 2. The first-order valence-electron chi connectivity index (χ1n) is 5.93. The van der Waals surface area contributed by atoms with Crippen LogP contribution in [0.1, 0.15) is 6.42 Å². The van der Waals surface area contributed by atoms with Crippen LogP contribution in [-0.2, 0) is 14.3 Å². The normalized spacial score (nSPS) is 18.3. The van der Waals surface area contributed by atoms with Gasteiger partial charge in [-0.2, -0.15) is 0 Å². The molecule has 0 radical (unpaired) electrons. The summed E-state index contributed by atoms with van der Waals surface area (Å²) in [7, 11) is 1.30. The molecule has 6 heteroatoms. The van der Waals surface area contributed by atoms with Gasteiger partial charge in [-0.1, -0.05) is 18.2 Å². The van der Waals surface area contributed by atoms with Crippen LogP contribution in [0, 0.1) is 5.92 Å². The lowest BCUT2D eigenvalue weighted by Gasteiger charge is -2.21. The molecule has 1 aromatic carbocycles. The number of carbonyl (C=O) groups is 2. The zero-order valence-corrected chi connectivity index (χ0v) is 10.6. The summed E-state index contributed by atoms with van der Waals surface area (Å²) in [6.45, 7) is 0.274. The van der Waals surface area contributed by atoms with Gasteiger partial charge in [0.15, 0.2) is 0 Å². The molecule has 2 N–H and O–H groups in total. The van der Waals surface area contributed by atoms with Crippen LogP contribution in [0.25, 0.3) is 0 Å². The van der Waals surface area contributed by atoms with Crippen molar-refractivity contribution in [3.63, 3.8) is 0 Å². The van der Waals surface area contributed by atoms with Crippen LogP contribution in [0.5, 0.6) is 0 Å². The minimum atomic E-state index is -0.464. The number of aliphatic imine (C=N–C) groups is 1. The number of hydrogen-bond donors (Lipinski definition) is 2. The van der Waals surface area contributed by atoms with Crippen molar-refractivity contribution in [1.82, 2.24) is 5.32 Å². The van der Waals surface area contributed by atoms with E-state index in [0.717, 1.165) is 5.69 Å². The number of anilines is 1. The Labute approximate surface area is 110 Å². The number of amides is 1. The molecule has 1 aliphatic heterocycles. The number of methoxy groups -OCH3 is 1. The number of ether oxygens (including phenoxy) is 1. The zero-order valence-electron chi connectivity index (χ0n) is 10.6. The molecule has 100 valence electrons. The molecule has 0 aromatic heterocycles. The topological polar surface area (TPSA) is 79.8 Å². The number of nitrogens with zero attached hydrogens (tertiary/aromatic N) is 1. The molecular formula is C13H15N3O3. The molecule has 0 saturated carbocycles. The van der Waals surface area contributed by atoms with E-state index in [2.05, 4.69) is 20.4 Å². The van der Waals surface area contributed by atoms with Gasteiger partial charge in [0.2, 0.25) is 11.9 Å². The molecule has 0 aliphatic carbocycles. The van der Waals surface area contributed by atoms with E-state index in [9.17, 15) is 9.59 Å². The highest BCUT2D eigenvalue weighted by atomic mass is 16.5. The Morgan fingerprint density at radius 1 is 1.47 bits per heavy atom. The van der Waals surface area contributed by atoms with E-state index < -0.39 is 11.9 Å². The van der Waals surface area contributed by atoms with Crippen molar-refractivity contribution in [1.29, 1.82) is 0 Å². The lowest BCUT2D eigenvalue weighted by Crippen LogP contribution is -2.45. The third-order valence-electron chi connectivity index (χ3n) is 2.76. The standard InChI is InChI=1S/C13H15N3O3/c1-19-11(17)7-9-8-14-13(16-12(9)18)15-10-5-3-2-4-6-10/h2-6,9H,7-8H2,1H3,(H2,14,15,16,18). The quantitative estimate of drug-likeness (QED) is 0.787. The number of carbonyl (C=O) groups excluding carboxylic acids is 2. The summed E-state index contributed by atoms with van der Waals surface area (Å²) < 4.78 is 4.54. The van der Waals surface area contributed by atoms with Gasteiger partial charge in [-0.25, -0.2) is 0 Å². The zero-order chi connectivity index (χ0) is 13.7. The molecule has 1 aliphatic rings. The molecular weight excluding hydrogens is 246 g/mol. The molecule has 0 spiro atoms. The lowest BCUT2D eigenvalue weighted by molar-refractivity contribution is -0.143. The number of guanidine groups is 1. The highest BCUT2D eigenvalue weighted by molar-refractivity contribution is 6.06. The highest BCUT2D eigenvalue weighted by Crippen LogP contribution is 2.11. The van der Waals surface area contributed by atoms with Crippen LogP contribution in [-0.4, -0.2) is 31.5 Å². The van der Waals surface area contributed by atoms with E-state index in [-0.39, 0.29) is 18.9 Å². The first-order valence-corrected chi connectivity index (χ1v) is 5.93. The summed E-state index contributed by atoms with van der Waals surface area (Å²) in [5, 5.41) is 5.64. The maximum atomic E-state index is 11.8. The maximum Gasteiger partial charge on any atom is 0.306 e. The number of benzene rings is 1. The molecule has 0 fully saturated rings. The smallest absolute Gasteiger partial charge is 0.306 e.